The number of aromatic hydroxyl groups is 1. The van der Waals surface area contributed by atoms with Crippen LogP contribution >= 0.6 is 11.6 Å². The predicted molar refractivity (Wildman–Crippen MR) is 68.1 cm³/mol. The molecule has 0 bridgehead atoms. The van der Waals surface area contributed by atoms with Crippen LogP contribution < -0.4 is 0 Å². The molecule has 1 aliphatic rings. The Morgan fingerprint density at radius 3 is 2.62 bits per heavy atom. The number of benzene rings is 1. The first-order valence-electron chi connectivity index (χ1n) is 6.15. The first-order chi connectivity index (χ1) is 7.66. The summed E-state index contributed by atoms with van der Waals surface area (Å²) in [5.74, 6) is 1.17. The quantitative estimate of drug-likeness (QED) is 0.806. The number of halogens is 1. The van der Waals surface area contributed by atoms with Gasteiger partial charge in [-0.05, 0) is 42.5 Å². The molecule has 0 spiro atoms. The Bertz CT molecular complexity index is 367. The van der Waals surface area contributed by atoms with Gasteiger partial charge >= 0.3 is 0 Å². The van der Waals surface area contributed by atoms with Crippen molar-refractivity contribution in [2.45, 2.75) is 45.4 Å². The summed E-state index contributed by atoms with van der Waals surface area (Å²) in [5.41, 5.74) is 1.91. The summed E-state index contributed by atoms with van der Waals surface area (Å²) in [6, 6.07) is 3.74. The Morgan fingerprint density at radius 2 is 1.94 bits per heavy atom. The summed E-state index contributed by atoms with van der Waals surface area (Å²) in [4.78, 5) is 0. The van der Waals surface area contributed by atoms with E-state index >= 15 is 0 Å². The van der Waals surface area contributed by atoms with Crippen molar-refractivity contribution < 1.29 is 5.11 Å². The maximum absolute atomic E-state index is 9.99. The Labute approximate surface area is 102 Å². The lowest BCUT2D eigenvalue weighted by molar-refractivity contribution is 0.351. The van der Waals surface area contributed by atoms with Gasteiger partial charge in [0.15, 0.2) is 0 Å². The minimum atomic E-state index is 0.440. The molecule has 2 heteroatoms. The van der Waals surface area contributed by atoms with Crippen molar-refractivity contribution in [3.05, 3.63) is 28.3 Å². The molecule has 0 unspecified atom stereocenters. The van der Waals surface area contributed by atoms with Gasteiger partial charge in [0.25, 0.3) is 0 Å². The highest BCUT2D eigenvalue weighted by Crippen LogP contribution is 2.32. The molecule has 1 aromatic rings. The number of hydrogen-bond acceptors (Lipinski definition) is 1. The first-order valence-corrected chi connectivity index (χ1v) is 6.52. The van der Waals surface area contributed by atoms with Crippen LogP contribution in [0.1, 0.15) is 43.2 Å². The Kier molecular flexibility index (Phi) is 3.75. The largest absolute Gasteiger partial charge is 0.507 e. The van der Waals surface area contributed by atoms with E-state index in [2.05, 4.69) is 0 Å². The number of phenolic OH excluding ortho intramolecular Hbond substituents is 1. The Morgan fingerprint density at radius 1 is 1.25 bits per heavy atom. The second-order valence-electron chi connectivity index (χ2n) is 4.94. The van der Waals surface area contributed by atoms with E-state index in [1.807, 2.05) is 19.1 Å². The van der Waals surface area contributed by atoms with E-state index in [0.717, 1.165) is 28.5 Å². The highest BCUT2D eigenvalue weighted by Gasteiger charge is 2.16. The minimum Gasteiger partial charge on any atom is -0.507 e. The molecule has 0 aliphatic heterocycles. The van der Waals surface area contributed by atoms with E-state index in [9.17, 15) is 5.11 Å². The van der Waals surface area contributed by atoms with Gasteiger partial charge in [-0.15, -0.1) is 0 Å². The van der Waals surface area contributed by atoms with Crippen molar-refractivity contribution in [1.29, 1.82) is 0 Å². The van der Waals surface area contributed by atoms with Gasteiger partial charge in [0, 0.05) is 5.02 Å². The van der Waals surface area contributed by atoms with Crippen LogP contribution in [-0.4, -0.2) is 5.11 Å². The van der Waals surface area contributed by atoms with Crippen LogP contribution in [0.25, 0.3) is 0 Å². The first kappa shape index (κ1) is 11.8. The average molecular weight is 239 g/mol. The lowest BCUT2D eigenvalue weighted by atomic mass is 9.84. The van der Waals surface area contributed by atoms with Crippen LogP contribution in [0.3, 0.4) is 0 Å². The summed E-state index contributed by atoms with van der Waals surface area (Å²) in [5, 5.41) is 10.7. The molecule has 0 radical (unpaired) electrons. The van der Waals surface area contributed by atoms with Crippen molar-refractivity contribution in [2.24, 2.45) is 5.92 Å². The van der Waals surface area contributed by atoms with Gasteiger partial charge in [-0.1, -0.05) is 43.7 Å². The maximum Gasteiger partial charge on any atom is 0.121 e. The fraction of sp³-hybridized carbons (Fsp3) is 0.571. The zero-order valence-electron chi connectivity index (χ0n) is 9.80. The standard InChI is InChI=1S/C14H19ClO/c1-10-7-13(15)9-12(14(10)16)8-11-5-3-2-4-6-11/h7,9,11,16H,2-6,8H2,1H3. The van der Waals surface area contributed by atoms with Crippen molar-refractivity contribution in [3.8, 4) is 5.75 Å². The molecule has 0 amide bonds. The smallest absolute Gasteiger partial charge is 0.121 e. The monoisotopic (exact) mass is 238 g/mol. The topological polar surface area (TPSA) is 20.2 Å². The van der Waals surface area contributed by atoms with E-state index in [1.165, 1.54) is 32.1 Å². The summed E-state index contributed by atoms with van der Waals surface area (Å²) in [7, 11) is 0. The van der Waals surface area contributed by atoms with Crippen molar-refractivity contribution >= 4 is 11.6 Å². The predicted octanol–water partition coefficient (Wildman–Crippen LogP) is 4.48. The lowest BCUT2D eigenvalue weighted by Crippen LogP contribution is -2.09. The van der Waals surface area contributed by atoms with Crippen molar-refractivity contribution in [3.63, 3.8) is 0 Å². The summed E-state index contributed by atoms with van der Waals surface area (Å²) >= 11 is 6.03. The second kappa shape index (κ2) is 5.09. The Balaban J connectivity index is 2.13. The van der Waals surface area contributed by atoms with E-state index < -0.39 is 0 Å². The number of aryl methyl sites for hydroxylation is 1. The molecular formula is C14H19ClO. The zero-order chi connectivity index (χ0) is 11.5. The fourth-order valence-corrected chi connectivity index (χ4v) is 2.96. The third-order valence-electron chi connectivity index (χ3n) is 3.58. The van der Waals surface area contributed by atoms with E-state index in [-0.39, 0.29) is 0 Å². The van der Waals surface area contributed by atoms with Crippen molar-refractivity contribution in [1.82, 2.24) is 0 Å². The van der Waals surface area contributed by atoms with Gasteiger partial charge in [0.05, 0.1) is 0 Å². The minimum absolute atomic E-state index is 0.440. The summed E-state index contributed by atoms with van der Waals surface area (Å²) in [6.07, 6.45) is 7.62. The van der Waals surface area contributed by atoms with Crippen molar-refractivity contribution in [2.75, 3.05) is 0 Å². The van der Waals surface area contributed by atoms with Gasteiger partial charge in [-0.3, -0.25) is 0 Å². The molecule has 16 heavy (non-hydrogen) atoms. The third-order valence-corrected chi connectivity index (χ3v) is 3.80. The van der Waals surface area contributed by atoms with Gasteiger partial charge in [-0.2, -0.15) is 0 Å². The SMILES string of the molecule is Cc1cc(Cl)cc(CC2CCCCC2)c1O. The van der Waals surface area contributed by atoms with E-state index in [1.54, 1.807) is 0 Å². The average Bonchev–Trinajstić information content (AvgIpc) is 2.27. The molecular weight excluding hydrogens is 220 g/mol. The maximum atomic E-state index is 9.99. The van der Waals surface area contributed by atoms with Gasteiger partial charge in [-0.25, -0.2) is 0 Å². The van der Waals surface area contributed by atoms with Crippen LogP contribution in [0.15, 0.2) is 12.1 Å². The highest BCUT2D eigenvalue weighted by molar-refractivity contribution is 6.30. The second-order valence-corrected chi connectivity index (χ2v) is 5.38. The lowest BCUT2D eigenvalue weighted by Gasteiger charge is -2.22. The molecule has 2 rings (SSSR count). The van der Waals surface area contributed by atoms with Gasteiger partial charge < -0.3 is 5.11 Å². The molecule has 0 atom stereocenters. The molecule has 1 aromatic carbocycles. The number of rotatable bonds is 2. The molecule has 1 fully saturated rings. The van der Waals surface area contributed by atoms with Crippen LogP contribution in [0, 0.1) is 12.8 Å². The summed E-state index contributed by atoms with van der Waals surface area (Å²) in [6.45, 7) is 1.91. The molecule has 88 valence electrons. The highest BCUT2D eigenvalue weighted by atomic mass is 35.5. The van der Waals surface area contributed by atoms with Gasteiger partial charge in [0.2, 0.25) is 0 Å². The molecule has 0 aromatic heterocycles. The molecule has 1 aliphatic carbocycles. The molecule has 1 saturated carbocycles. The zero-order valence-corrected chi connectivity index (χ0v) is 10.6. The van der Waals surface area contributed by atoms with Crippen LogP contribution in [-0.2, 0) is 6.42 Å². The number of hydrogen-bond donors (Lipinski definition) is 1. The molecule has 1 N–H and O–H groups in total. The van der Waals surface area contributed by atoms with Crippen LogP contribution in [0.4, 0.5) is 0 Å². The van der Waals surface area contributed by atoms with Crippen LogP contribution in [0.2, 0.25) is 5.02 Å². The molecule has 0 saturated heterocycles. The molecule has 0 heterocycles. The number of phenols is 1. The third kappa shape index (κ3) is 2.70. The fourth-order valence-electron chi connectivity index (χ4n) is 2.66. The van der Waals surface area contributed by atoms with Crippen LogP contribution in [0.5, 0.6) is 5.75 Å². The van der Waals surface area contributed by atoms with Gasteiger partial charge in [0.1, 0.15) is 5.75 Å². The normalized spacial score (nSPS) is 17.6. The van der Waals surface area contributed by atoms with E-state index in [4.69, 9.17) is 11.6 Å². The summed E-state index contributed by atoms with van der Waals surface area (Å²) < 4.78 is 0. The molecule has 1 nitrogen and oxygen atoms in total. The Hall–Kier alpha value is -0.690. The van der Waals surface area contributed by atoms with E-state index in [0.29, 0.717) is 5.75 Å².